The molecule has 0 bridgehead atoms. The fraction of sp³-hybridized carbons (Fsp3) is 0.632. The van der Waals surface area contributed by atoms with Gasteiger partial charge in [-0.2, -0.15) is 0 Å². The second-order valence-electron chi connectivity index (χ2n) is 7.14. The van der Waals surface area contributed by atoms with Crippen LogP contribution in [0.2, 0.25) is 0 Å². The molecule has 0 unspecified atom stereocenters. The molecule has 4 nitrogen and oxygen atoms in total. The van der Waals surface area contributed by atoms with E-state index >= 15 is 0 Å². The molecule has 1 saturated heterocycles. The van der Waals surface area contributed by atoms with Crippen LogP contribution in [0.3, 0.4) is 0 Å². The number of ether oxygens (including phenoxy) is 1. The second kappa shape index (κ2) is 8.72. The highest BCUT2D eigenvalue weighted by atomic mass is 35.5. The van der Waals surface area contributed by atoms with E-state index < -0.39 is 0 Å². The van der Waals surface area contributed by atoms with Gasteiger partial charge >= 0.3 is 0 Å². The number of carbonyl (C=O) groups is 1. The van der Waals surface area contributed by atoms with Gasteiger partial charge in [0.1, 0.15) is 5.75 Å². The van der Waals surface area contributed by atoms with Crippen LogP contribution in [0.4, 0.5) is 0 Å². The van der Waals surface area contributed by atoms with E-state index in [4.69, 9.17) is 4.74 Å². The van der Waals surface area contributed by atoms with Crippen molar-refractivity contribution in [1.82, 2.24) is 9.80 Å². The van der Waals surface area contributed by atoms with Crippen molar-refractivity contribution in [1.29, 1.82) is 0 Å². The zero-order valence-corrected chi connectivity index (χ0v) is 15.6. The van der Waals surface area contributed by atoms with Crippen molar-refractivity contribution in [2.75, 3.05) is 40.3 Å². The number of rotatable bonds is 7. The third-order valence-electron chi connectivity index (χ3n) is 5.21. The lowest BCUT2D eigenvalue weighted by molar-refractivity contribution is 0.0827. The summed E-state index contributed by atoms with van der Waals surface area (Å²) in [6, 6.07) is 7.43. The summed E-state index contributed by atoms with van der Waals surface area (Å²) in [4.78, 5) is 16.0. The molecule has 5 heteroatoms. The molecule has 1 aromatic carbocycles. The fourth-order valence-corrected chi connectivity index (χ4v) is 3.62. The number of halogens is 1. The minimum Gasteiger partial charge on any atom is -0.494 e. The first-order valence-electron chi connectivity index (χ1n) is 8.80. The Balaban J connectivity index is 0.00000208. The van der Waals surface area contributed by atoms with E-state index in [1.165, 1.54) is 38.9 Å². The molecule has 0 N–H and O–H groups in total. The summed E-state index contributed by atoms with van der Waals surface area (Å²) in [5, 5.41) is 0. The van der Waals surface area contributed by atoms with E-state index in [0.29, 0.717) is 5.56 Å². The molecule has 24 heavy (non-hydrogen) atoms. The number of likely N-dealkylation sites (tertiary alicyclic amines) is 1. The van der Waals surface area contributed by atoms with Crippen LogP contribution < -0.4 is 4.74 Å². The van der Waals surface area contributed by atoms with Gasteiger partial charge in [0.25, 0.3) is 5.91 Å². The van der Waals surface area contributed by atoms with Gasteiger partial charge in [0, 0.05) is 32.7 Å². The predicted molar refractivity (Wildman–Crippen MR) is 99.1 cm³/mol. The van der Waals surface area contributed by atoms with Gasteiger partial charge in [0.05, 0.1) is 6.61 Å². The van der Waals surface area contributed by atoms with E-state index in [-0.39, 0.29) is 18.3 Å². The van der Waals surface area contributed by atoms with Crippen molar-refractivity contribution >= 4 is 18.3 Å². The fourth-order valence-electron chi connectivity index (χ4n) is 3.62. The third-order valence-corrected chi connectivity index (χ3v) is 5.21. The Labute approximate surface area is 151 Å². The number of amides is 1. The quantitative estimate of drug-likeness (QED) is 0.706. The number of fused-ring (bicyclic) bond motifs is 1. The van der Waals surface area contributed by atoms with Crippen LogP contribution in [0.1, 0.15) is 36.0 Å². The zero-order chi connectivity index (χ0) is 16.2. The molecule has 2 atom stereocenters. The van der Waals surface area contributed by atoms with Crippen molar-refractivity contribution in [3.63, 3.8) is 0 Å². The topological polar surface area (TPSA) is 32.8 Å². The third kappa shape index (κ3) is 4.64. The molecule has 0 aromatic heterocycles. The average Bonchev–Trinajstić information content (AvgIpc) is 2.82. The largest absolute Gasteiger partial charge is 0.494 e. The molecule has 2 aliphatic rings. The molecule has 1 aromatic rings. The Morgan fingerprint density at radius 3 is 2.29 bits per heavy atom. The van der Waals surface area contributed by atoms with Gasteiger partial charge in [-0.15, -0.1) is 12.4 Å². The highest BCUT2D eigenvalue weighted by Crippen LogP contribution is 2.40. The molecule has 1 saturated carbocycles. The number of hydrogen-bond acceptors (Lipinski definition) is 3. The maximum Gasteiger partial charge on any atom is 0.253 e. The van der Waals surface area contributed by atoms with Crippen molar-refractivity contribution in [2.45, 2.75) is 25.7 Å². The Hall–Kier alpha value is -1.26. The van der Waals surface area contributed by atoms with Gasteiger partial charge in [-0.1, -0.05) is 0 Å². The van der Waals surface area contributed by atoms with Crippen molar-refractivity contribution in [3.8, 4) is 5.75 Å². The molecule has 1 heterocycles. The van der Waals surface area contributed by atoms with E-state index in [9.17, 15) is 4.79 Å². The molecule has 1 aliphatic heterocycles. The number of carbonyl (C=O) groups excluding carboxylic acids is 1. The van der Waals surface area contributed by atoms with Crippen LogP contribution >= 0.6 is 12.4 Å². The lowest BCUT2D eigenvalue weighted by atomic mass is 9.77. The van der Waals surface area contributed by atoms with E-state index in [1.54, 1.807) is 19.0 Å². The van der Waals surface area contributed by atoms with Gasteiger partial charge in [0.15, 0.2) is 0 Å². The number of unbranched alkanes of at least 4 members (excludes halogenated alkanes) is 1. The molecular formula is C19H29ClN2O2. The van der Waals surface area contributed by atoms with Crippen LogP contribution in [-0.2, 0) is 0 Å². The molecule has 3 rings (SSSR count). The molecule has 2 fully saturated rings. The SMILES string of the molecule is CN(C)C(=O)c1ccc(OCCCCN2C[C@H]3CC[C@H]3C2)cc1.Cl. The Bertz CT molecular complexity index is 521. The minimum atomic E-state index is 0. The molecule has 0 spiro atoms. The lowest BCUT2D eigenvalue weighted by Gasteiger charge is -2.28. The van der Waals surface area contributed by atoms with E-state index in [0.717, 1.165) is 30.6 Å². The predicted octanol–water partition coefficient (Wildman–Crippen LogP) is 3.31. The number of nitrogens with zero attached hydrogens (tertiary/aromatic N) is 2. The summed E-state index contributed by atoms with van der Waals surface area (Å²) in [7, 11) is 3.52. The van der Waals surface area contributed by atoms with Gasteiger partial charge in [-0.05, 0) is 68.3 Å². The van der Waals surface area contributed by atoms with Gasteiger partial charge < -0.3 is 14.5 Å². The Kier molecular flexibility index (Phi) is 6.93. The summed E-state index contributed by atoms with van der Waals surface area (Å²) in [6.07, 6.45) is 5.20. The highest BCUT2D eigenvalue weighted by Gasteiger charge is 2.38. The standard InChI is InChI=1S/C19H28N2O2.ClH/c1-20(2)19(22)15-7-9-18(10-8-15)23-12-4-3-11-21-13-16-5-6-17(16)14-21;/h7-10,16-17H,3-6,11-14H2,1-2H3;1H/t16-,17+;. The number of benzene rings is 1. The minimum absolute atomic E-state index is 0. The second-order valence-corrected chi connectivity index (χ2v) is 7.14. The zero-order valence-electron chi connectivity index (χ0n) is 14.7. The monoisotopic (exact) mass is 352 g/mol. The van der Waals surface area contributed by atoms with Crippen molar-refractivity contribution in [3.05, 3.63) is 29.8 Å². The molecule has 1 amide bonds. The van der Waals surface area contributed by atoms with E-state index in [1.807, 2.05) is 24.3 Å². The summed E-state index contributed by atoms with van der Waals surface area (Å²) in [5.74, 6) is 2.89. The molecule has 0 radical (unpaired) electrons. The van der Waals surface area contributed by atoms with Gasteiger partial charge in [-0.3, -0.25) is 4.79 Å². The normalized spacial score (nSPS) is 22.2. The smallest absolute Gasteiger partial charge is 0.253 e. The van der Waals surface area contributed by atoms with Gasteiger partial charge in [0.2, 0.25) is 0 Å². The first-order valence-corrected chi connectivity index (χ1v) is 8.80. The first kappa shape index (κ1) is 19.1. The highest BCUT2D eigenvalue weighted by molar-refractivity contribution is 5.93. The van der Waals surface area contributed by atoms with E-state index in [2.05, 4.69) is 4.90 Å². The maximum absolute atomic E-state index is 11.8. The van der Waals surface area contributed by atoms with Crippen LogP contribution in [0, 0.1) is 11.8 Å². The Morgan fingerprint density at radius 2 is 1.75 bits per heavy atom. The molecule has 134 valence electrons. The van der Waals surface area contributed by atoms with Crippen LogP contribution in [-0.4, -0.2) is 56.0 Å². The van der Waals surface area contributed by atoms with Crippen molar-refractivity contribution < 1.29 is 9.53 Å². The first-order chi connectivity index (χ1) is 11.1. The van der Waals surface area contributed by atoms with Crippen LogP contribution in [0.15, 0.2) is 24.3 Å². The van der Waals surface area contributed by atoms with Crippen LogP contribution in [0.25, 0.3) is 0 Å². The molecule has 1 aliphatic carbocycles. The summed E-state index contributed by atoms with van der Waals surface area (Å²) >= 11 is 0. The van der Waals surface area contributed by atoms with Gasteiger partial charge in [-0.25, -0.2) is 0 Å². The summed E-state index contributed by atoms with van der Waals surface area (Å²) < 4.78 is 5.78. The summed E-state index contributed by atoms with van der Waals surface area (Å²) in [6.45, 7) is 4.62. The Morgan fingerprint density at radius 1 is 1.12 bits per heavy atom. The lowest BCUT2D eigenvalue weighted by Crippen LogP contribution is -2.22. The number of hydrogen-bond donors (Lipinski definition) is 0. The maximum atomic E-state index is 11.8. The van der Waals surface area contributed by atoms with Crippen molar-refractivity contribution in [2.24, 2.45) is 11.8 Å². The molecular weight excluding hydrogens is 324 g/mol. The van der Waals surface area contributed by atoms with Crippen LogP contribution in [0.5, 0.6) is 5.75 Å². The summed E-state index contributed by atoms with van der Waals surface area (Å²) in [5.41, 5.74) is 0.700. The average molecular weight is 353 g/mol.